The number of Topliss-reactive ketones (excluding diaryl/α,β-unsaturated/α-hetero) is 1. The van der Waals surface area contributed by atoms with Crippen LogP contribution in [0.15, 0.2) is 18.2 Å². The first kappa shape index (κ1) is 17.9. The van der Waals surface area contributed by atoms with Crippen LogP contribution in [0, 0.1) is 9.39 Å². The van der Waals surface area contributed by atoms with Crippen LogP contribution >= 0.6 is 33.9 Å². The number of hydrogen-bond acceptors (Lipinski definition) is 4. The molecule has 0 bridgehead atoms. The van der Waals surface area contributed by atoms with Crippen LogP contribution in [0.3, 0.4) is 0 Å². The van der Waals surface area contributed by atoms with Gasteiger partial charge in [0.2, 0.25) is 0 Å². The summed E-state index contributed by atoms with van der Waals surface area (Å²) in [4.78, 5) is 24.2. The van der Waals surface area contributed by atoms with Gasteiger partial charge in [0, 0.05) is 3.57 Å². The lowest BCUT2D eigenvalue weighted by molar-refractivity contribution is 0.1000. The van der Waals surface area contributed by atoms with E-state index in [1.807, 2.05) is 36.4 Å². The van der Waals surface area contributed by atoms with Crippen molar-refractivity contribution in [3.63, 3.8) is 0 Å². The minimum absolute atomic E-state index is 0.0511. The summed E-state index contributed by atoms with van der Waals surface area (Å²) >= 11 is 3.14. The van der Waals surface area contributed by atoms with Crippen LogP contribution in [0.5, 0.6) is 0 Å². The zero-order valence-electron chi connectivity index (χ0n) is 12.9. The van der Waals surface area contributed by atoms with Crippen LogP contribution in [0.4, 0.5) is 15.1 Å². The molecular weight excluding hydrogens is 430 g/mol. The van der Waals surface area contributed by atoms with Crippen molar-refractivity contribution in [1.82, 2.24) is 0 Å². The van der Waals surface area contributed by atoms with Crippen LogP contribution in [0.25, 0.3) is 0 Å². The lowest BCUT2D eigenvalue weighted by Crippen LogP contribution is -2.15. The average molecular weight is 446 g/mol. The molecule has 0 unspecified atom stereocenters. The number of halogens is 2. The van der Waals surface area contributed by atoms with Gasteiger partial charge < -0.3 is 11.1 Å². The van der Waals surface area contributed by atoms with Gasteiger partial charge in [-0.15, -0.1) is 11.3 Å². The van der Waals surface area contributed by atoms with Crippen molar-refractivity contribution in [3.05, 3.63) is 43.6 Å². The number of primary amides is 1. The topological polar surface area (TPSA) is 72.2 Å². The van der Waals surface area contributed by atoms with Crippen LogP contribution in [-0.2, 0) is 0 Å². The van der Waals surface area contributed by atoms with Gasteiger partial charge >= 0.3 is 0 Å². The second-order valence-corrected chi connectivity index (χ2v) is 7.64. The zero-order valence-corrected chi connectivity index (χ0v) is 15.8. The molecule has 0 radical (unpaired) electrons. The third-order valence-corrected chi connectivity index (χ3v) is 5.16. The molecular formula is C16H16FIN2O2S. The predicted octanol–water partition coefficient (Wildman–Crippen LogP) is 4.66. The van der Waals surface area contributed by atoms with E-state index in [-0.39, 0.29) is 23.0 Å². The molecule has 1 amide bonds. The fourth-order valence-electron chi connectivity index (χ4n) is 2.30. The summed E-state index contributed by atoms with van der Waals surface area (Å²) in [6.07, 6.45) is 0. The van der Waals surface area contributed by atoms with Gasteiger partial charge in [-0.3, -0.25) is 9.59 Å². The highest BCUT2D eigenvalue weighted by atomic mass is 127. The molecule has 0 aliphatic heterocycles. The first-order valence-electron chi connectivity index (χ1n) is 6.91. The summed E-state index contributed by atoms with van der Waals surface area (Å²) in [7, 11) is 0. The third kappa shape index (κ3) is 3.72. The molecule has 122 valence electrons. The van der Waals surface area contributed by atoms with E-state index in [4.69, 9.17) is 5.73 Å². The molecule has 0 fully saturated rings. The van der Waals surface area contributed by atoms with Crippen molar-refractivity contribution in [2.75, 3.05) is 5.32 Å². The van der Waals surface area contributed by atoms with Gasteiger partial charge in [-0.05, 0) is 59.2 Å². The van der Waals surface area contributed by atoms with Crippen molar-refractivity contribution in [1.29, 1.82) is 0 Å². The summed E-state index contributed by atoms with van der Waals surface area (Å²) in [5.41, 5.74) is 6.61. The molecule has 2 rings (SSSR count). The molecule has 0 aliphatic carbocycles. The summed E-state index contributed by atoms with van der Waals surface area (Å²) < 4.78 is 14.8. The van der Waals surface area contributed by atoms with E-state index in [0.717, 1.165) is 14.9 Å². The number of carbonyl (C=O) groups excluding carboxylic acids is 2. The van der Waals surface area contributed by atoms with Crippen molar-refractivity contribution in [2.24, 2.45) is 5.73 Å². The molecule has 1 aromatic heterocycles. The number of thiophene rings is 1. The Labute approximate surface area is 151 Å². The van der Waals surface area contributed by atoms with Gasteiger partial charge in [-0.25, -0.2) is 4.39 Å². The normalized spacial score (nSPS) is 10.9. The second-order valence-electron chi connectivity index (χ2n) is 5.37. The summed E-state index contributed by atoms with van der Waals surface area (Å²) in [6.45, 7) is 5.21. The molecule has 1 aromatic carbocycles. The average Bonchev–Trinajstić information content (AvgIpc) is 2.81. The first-order valence-corrected chi connectivity index (χ1v) is 8.81. The molecule has 0 atom stereocenters. The summed E-state index contributed by atoms with van der Waals surface area (Å²) in [6, 6.07) is 4.72. The summed E-state index contributed by atoms with van der Waals surface area (Å²) in [5, 5.41) is 3.30. The highest BCUT2D eigenvalue weighted by Gasteiger charge is 2.26. The highest BCUT2D eigenvalue weighted by Crippen LogP contribution is 2.39. The monoisotopic (exact) mass is 446 g/mol. The molecule has 0 saturated heterocycles. The molecule has 2 aromatic rings. The Morgan fingerprint density at radius 2 is 2.00 bits per heavy atom. The third-order valence-electron chi connectivity index (χ3n) is 3.27. The number of benzene rings is 1. The number of nitrogens with two attached hydrogens (primary N) is 1. The maximum atomic E-state index is 14.0. The lowest BCUT2D eigenvalue weighted by atomic mass is 9.97. The molecule has 3 N–H and O–H groups in total. The minimum atomic E-state index is -0.633. The van der Waals surface area contributed by atoms with Crippen LogP contribution in [-0.4, -0.2) is 11.7 Å². The maximum absolute atomic E-state index is 14.0. The van der Waals surface area contributed by atoms with Crippen molar-refractivity contribution < 1.29 is 14.0 Å². The fourth-order valence-corrected chi connectivity index (χ4v) is 4.02. The summed E-state index contributed by atoms with van der Waals surface area (Å²) in [5.74, 6) is -1.26. The molecule has 7 heteroatoms. The van der Waals surface area contributed by atoms with Gasteiger partial charge in [0.25, 0.3) is 5.91 Å². The number of amides is 1. The van der Waals surface area contributed by atoms with Crippen LogP contribution in [0.1, 0.15) is 52.3 Å². The number of rotatable bonds is 5. The zero-order chi connectivity index (χ0) is 17.3. The predicted molar refractivity (Wildman–Crippen MR) is 99.3 cm³/mol. The Morgan fingerprint density at radius 3 is 2.48 bits per heavy atom. The highest BCUT2D eigenvalue weighted by molar-refractivity contribution is 14.1. The number of carbonyl (C=O) groups is 2. The largest absolute Gasteiger partial charge is 0.365 e. The van der Waals surface area contributed by atoms with Crippen LogP contribution < -0.4 is 11.1 Å². The van der Waals surface area contributed by atoms with E-state index in [1.165, 1.54) is 13.0 Å². The maximum Gasteiger partial charge on any atom is 0.252 e. The number of nitrogens with one attached hydrogen (secondary N) is 1. The van der Waals surface area contributed by atoms with E-state index in [9.17, 15) is 14.0 Å². The fraction of sp³-hybridized carbons (Fsp3) is 0.250. The van der Waals surface area contributed by atoms with E-state index >= 15 is 0 Å². The standard InChI is InChI=1S/C16H16FIN2O2S/c1-7(2)12-13(15(19)22)16(23-14(12)8(3)21)20-11-5-4-9(18)6-10(11)17/h4-7,20H,1-3H3,(H2,19,22). The molecule has 23 heavy (non-hydrogen) atoms. The first-order chi connectivity index (χ1) is 10.7. The SMILES string of the molecule is CC(=O)c1sc(Nc2ccc(I)cc2F)c(C(N)=O)c1C(C)C. The Balaban J connectivity index is 2.60. The van der Waals surface area contributed by atoms with Crippen molar-refractivity contribution in [2.45, 2.75) is 26.7 Å². The van der Waals surface area contributed by atoms with E-state index < -0.39 is 11.7 Å². The van der Waals surface area contributed by atoms with Gasteiger partial charge in [0.1, 0.15) is 10.8 Å². The molecule has 1 heterocycles. The smallest absolute Gasteiger partial charge is 0.252 e. The number of hydrogen-bond donors (Lipinski definition) is 2. The van der Waals surface area contributed by atoms with E-state index in [0.29, 0.717) is 15.4 Å². The van der Waals surface area contributed by atoms with Crippen LogP contribution in [0.2, 0.25) is 0 Å². The molecule has 4 nitrogen and oxygen atoms in total. The Hall–Kier alpha value is -1.48. The Kier molecular flexibility index (Phi) is 5.41. The van der Waals surface area contributed by atoms with Crippen molar-refractivity contribution >= 4 is 56.3 Å². The number of ketones is 1. The van der Waals surface area contributed by atoms with E-state index in [2.05, 4.69) is 5.32 Å². The van der Waals surface area contributed by atoms with Crippen molar-refractivity contribution in [3.8, 4) is 0 Å². The minimum Gasteiger partial charge on any atom is -0.365 e. The molecule has 0 aliphatic rings. The molecule has 0 saturated carbocycles. The number of anilines is 2. The second kappa shape index (κ2) is 6.96. The van der Waals surface area contributed by atoms with Gasteiger partial charge in [-0.1, -0.05) is 13.8 Å². The lowest BCUT2D eigenvalue weighted by Gasteiger charge is -2.10. The molecule has 0 spiro atoms. The van der Waals surface area contributed by atoms with E-state index in [1.54, 1.807) is 12.1 Å². The quantitative estimate of drug-likeness (QED) is 0.519. The Morgan fingerprint density at radius 1 is 1.35 bits per heavy atom. The van der Waals surface area contributed by atoms with Gasteiger partial charge in [-0.2, -0.15) is 0 Å². The Bertz CT molecular complexity index is 787. The van der Waals surface area contributed by atoms with Gasteiger partial charge in [0.05, 0.1) is 16.1 Å². The van der Waals surface area contributed by atoms with Gasteiger partial charge in [0.15, 0.2) is 5.78 Å².